The third-order valence-corrected chi connectivity index (χ3v) is 7.26. The molecule has 1 heterocycles. The van der Waals surface area contributed by atoms with Gasteiger partial charge in [-0.3, -0.25) is 10.5 Å². The zero-order valence-electron chi connectivity index (χ0n) is 21.9. The van der Waals surface area contributed by atoms with E-state index in [1.54, 1.807) is 4.58 Å². The van der Waals surface area contributed by atoms with Crippen LogP contribution in [0.25, 0.3) is 0 Å². The van der Waals surface area contributed by atoms with Crippen LogP contribution in [-0.2, 0) is 20.9 Å². The van der Waals surface area contributed by atoms with Gasteiger partial charge in [-0.1, -0.05) is 49.6 Å². The fourth-order valence-corrected chi connectivity index (χ4v) is 5.01. The van der Waals surface area contributed by atoms with Crippen LogP contribution in [0.3, 0.4) is 0 Å². The van der Waals surface area contributed by atoms with E-state index in [0.717, 1.165) is 35.4 Å². The zero-order valence-corrected chi connectivity index (χ0v) is 21.9. The van der Waals surface area contributed by atoms with E-state index in [4.69, 9.17) is 15.2 Å². The van der Waals surface area contributed by atoms with Crippen LogP contribution in [0.5, 0.6) is 5.75 Å². The van der Waals surface area contributed by atoms with Crippen molar-refractivity contribution >= 4 is 23.5 Å². The van der Waals surface area contributed by atoms with Gasteiger partial charge in [0.05, 0.1) is 13.2 Å². The lowest BCUT2D eigenvalue weighted by atomic mass is 9.94. The molecule has 0 aromatic heterocycles. The first kappa shape index (κ1) is 26.5. The summed E-state index contributed by atoms with van der Waals surface area (Å²) in [6, 6.07) is 15.8. The Morgan fingerprint density at radius 1 is 1.14 bits per heavy atom. The summed E-state index contributed by atoms with van der Waals surface area (Å²) in [6.07, 6.45) is 6.76. The molecule has 8 heteroatoms. The minimum atomic E-state index is -0.347. The molecule has 0 radical (unpaired) electrons. The van der Waals surface area contributed by atoms with Gasteiger partial charge < -0.3 is 14.4 Å². The Balaban J connectivity index is 1.25. The van der Waals surface area contributed by atoms with Crippen molar-refractivity contribution in [3.05, 3.63) is 59.7 Å². The van der Waals surface area contributed by atoms with E-state index in [0.29, 0.717) is 38.0 Å². The van der Waals surface area contributed by atoms with Gasteiger partial charge >= 0.3 is 11.9 Å². The molecule has 3 N–H and O–H groups in total. The molecule has 0 saturated heterocycles. The molecule has 1 aliphatic carbocycles. The number of carbonyl (C=O) groups is 2. The summed E-state index contributed by atoms with van der Waals surface area (Å²) in [5.41, 5.74) is 8.99. The number of amides is 1. The monoisotopic (exact) mass is 507 g/mol. The lowest BCUT2D eigenvalue weighted by Crippen LogP contribution is -2.41. The average Bonchev–Trinajstić information content (AvgIpc) is 2.92. The van der Waals surface area contributed by atoms with Gasteiger partial charge in [-0.25, -0.2) is 14.7 Å². The lowest BCUT2D eigenvalue weighted by molar-refractivity contribution is -0.536. The van der Waals surface area contributed by atoms with Crippen molar-refractivity contribution in [1.29, 1.82) is 0 Å². The van der Waals surface area contributed by atoms with Gasteiger partial charge in [-0.15, -0.1) is 0 Å². The summed E-state index contributed by atoms with van der Waals surface area (Å²) < 4.78 is 13.3. The fraction of sp³-hybridized carbons (Fsp3) is 0.483. The standard InChI is InChI=1S/C29H38N4O4/c1-21(22-10-5-3-6-11-22)37-28(35)20-33-19-23-18-25(15-16-26(23)31-29(33)30)36-17-9-14-27(34)32(2)24-12-7-4-8-13-24/h3,5-6,10-11,15-16,18,21,24H,4,7-9,12-14,17,19-20H2,1-2H3,(H2,30,31)/p+1. The van der Waals surface area contributed by atoms with Crippen molar-refractivity contribution in [3.8, 4) is 5.75 Å². The molecule has 8 nitrogen and oxygen atoms in total. The number of ether oxygens (including phenoxy) is 2. The first-order valence-electron chi connectivity index (χ1n) is 13.3. The summed E-state index contributed by atoms with van der Waals surface area (Å²) in [5, 5.41) is 3.16. The van der Waals surface area contributed by atoms with Gasteiger partial charge in [0.25, 0.3) is 0 Å². The van der Waals surface area contributed by atoms with Crippen LogP contribution < -0.4 is 15.8 Å². The predicted molar refractivity (Wildman–Crippen MR) is 143 cm³/mol. The van der Waals surface area contributed by atoms with Gasteiger partial charge in [0.15, 0.2) is 6.54 Å². The number of fused-ring (bicyclic) bond motifs is 1. The Morgan fingerprint density at radius 3 is 2.65 bits per heavy atom. The smallest absolute Gasteiger partial charge is 0.349 e. The van der Waals surface area contributed by atoms with Gasteiger partial charge in [0.2, 0.25) is 5.91 Å². The number of hydrogen-bond donors (Lipinski definition) is 2. The van der Waals surface area contributed by atoms with Crippen molar-refractivity contribution in [1.82, 2.24) is 4.90 Å². The van der Waals surface area contributed by atoms with Gasteiger partial charge in [0.1, 0.15) is 17.5 Å². The highest BCUT2D eigenvalue weighted by Crippen LogP contribution is 2.26. The number of nitrogens with zero attached hydrogens (tertiary/aromatic N) is 2. The molecule has 2 aromatic rings. The number of carbonyl (C=O) groups excluding carboxylic acids is 2. The lowest BCUT2D eigenvalue weighted by Gasteiger charge is -2.31. The molecule has 1 aliphatic heterocycles. The van der Waals surface area contributed by atoms with Gasteiger partial charge in [-0.2, -0.15) is 0 Å². The summed E-state index contributed by atoms with van der Waals surface area (Å²) in [4.78, 5) is 27.1. The van der Waals surface area contributed by atoms with Crippen molar-refractivity contribution < 1.29 is 23.6 Å². The topological polar surface area (TPSA) is 96.9 Å². The summed E-state index contributed by atoms with van der Waals surface area (Å²) in [5.74, 6) is 0.987. The molecule has 1 fully saturated rings. The van der Waals surface area contributed by atoms with Crippen molar-refractivity contribution in [2.75, 3.05) is 25.5 Å². The summed E-state index contributed by atoms with van der Waals surface area (Å²) >= 11 is 0. The van der Waals surface area contributed by atoms with Gasteiger partial charge in [0, 0.05) is 25.1 Å². The van der Waals surface area contributed by atoms with Crippen molar-refractivity contribution in [2.24, 2.45) is 5.73 Å². The molecule has 1 atom stereocenters. The predicted octanol–water partition coefficient (Wildman–Crippen LogP) is 4.19. The molecule has 37 heavy (non-hydrogen) atoms. The number of benzene rings is 2. The highest BCUT2D eigenvalue weighted by molar-refractivity contribution is 5.91. The second-order valence-electron chi connectivity index (χ2n) is 9.98. The van der Waals surface area contributed by atoms with E-state index in [9.17, 15) is 9.59 Å². The molecule has 1 amide bonds. The number of nitrogens with two attached hydrogens (primary N) is 1. The van der Waals surface area contributed by atoms with Crippen LogP contribution in [0.15, 0.2) is 48.5 Å². The van der Waals surface area contributed by atoms with Crippen LogP contribution >= 0.6 is 0 Å². The Hall–Kier alpha value is -3.55. The fourth-order valence-electron chi connectivity index (χ4n) is 5.01. The van der Waals surface area contributed by atoms with E-state index in [2.05, 4.69) is 5.32 Å². The van der Waals surface area contributed by atoms with E-state index in [1.807, 2.05) is 67.4 Å². The zero-order chi connectivity index (χ0) is 26.2. The van der Waals surface area contributed by atoms with E-state index < -0.39 is 0 Å². The number of rotatable bonds is 10. The van der Waals surface area contributed by atoms with Crippen LogP contribution in [-0.4, -0.2) is 53.6 Å². The van der Waals surface area contributed by atoms with Crippen LogP contribution in [0.4, 0.5) is 5.69 Å². The maximum Gasteiger partial charge on any atom is 0.349 e. The second-order valence-corrected chi connectivity index (χ2v) is 9.98. The highest BCUT2D eigenvalue weighted by Gasteiger charge is 2.25. The first-order valence-corrected chi connectivity index (χ1v) is 13.3. The van der Waals surface area contributed by atoms with E-state index in [-0.39, 0.29) is 24.5 Å². The quantitative estimate of drug-likeness (QED) is 0.284. The maximum atomic E-state index is 12.6. The molecule has 0 spiro atoms. The first-order chi connectivity index (χ1) is 17.9. The van der Waals surface area contributed by atoms with Crippen molar-refractivity contribution in [2.45, 2.75) is 70.6 Å². The molecule has 4 rings (SSSR count). The Bertz CT molecular complexity index is 1110. The average molecular weight is 508 g/mol. The SMILES string of the molecule is CC(OC(=O)C[N+]1=C(N)Nc2ccc(OCCCC(=O)N(C)C3CCCCC3)cc2C1)c1ccccc1. The molecule has 198 valence electrons. The largest absolute Gasteiger partial charge is 0.494 e. The summed E-state index contributed by atoms with van der Waals surface area (Å²) in [7, 11) is 1.93. The second kappa shape index (κ2) is 12.6. The van der Waals surface area contributed by atoms with Crippen LogP contribution in [0.2, 0.25) is 0 Å². The van der Waals surface area contributed by atoms with Crippen LogP contribution in [0.1, 0.15) is 69.1 Å². The maximum absolute atomic E-state index is 12.6. The minimum absolute atomic E-state index is 0.0388. The highest BCUT2D eigenvalue weighted by atomic mass is 16.5. The van der Waals surface area contributed by atoms with Gasteiger partial charge in [-0.05, 0) is 49.9 Å². The third kappa shape index (κ3) is 7.24. The molecule has 1 unspecified atom stereocenters. The Labute approximate surface area is 219 Å². The number of nitrogens with one attached hydrogen (secondary N) is 1. The molecule has 2 aromatic carbocycles. The third-order valence-electron chi connectivity index (χ3n) is 7.26. The molecule has 1 saturated carbocycles. The molecular formula is C29H39N4O4+. The molecule has 0 bridgehead atoms. The molecule has 2 aliphatic rings. The van der Waals surface area contributed by atoms with Crippen LogP contribution in [0, 0.1) is 0 Å². The minimum Gasteiger partial charge on any atom is -0.494 e. The number of hydrogen-bond acceptors (Lipinski definition) is 6. The number of guanidine groups is 1. The normalized spacial score (nSPS) is 16.4. The van der Waals surface area contributed by atoms with E-state index >= 15 is 0 Å². The van der Waals surface area contributed by atoms with Crippen molar-refractivity contribution in [3.63, 3.8) is 0 Å². The number of esters is 1. The summed E-state index contributed by atoms with van der Waals surface area (Å²) in [6.45, 7) is 2.83. The Kier molecular flexibility index (Phi) is 9.04. The Morgan fingerprint density at radius 2 is 1.89 bits per heavy atom. The molecular weight excluding hydrogens is 468 g/mol. The van der Waals surface area contributed by atoms with E-state index in [1.165, 1.54) is 19.3 Å². The number of anilines is 1.